The van der Waals surface area contributed by atoms with Crippen LogP contribution in [0.1, 0.15) is 68.6 Å². The van der Waals surface area contributed by atoms with Crippen molar-refractivity contribution in [1.82, 2.24) is 15.0 Å². The molecule has 3 aromatic heterocycles. The topological polar surface area (TPSA) is 66.4 Å². The molecule has 10 bridgehead atoms. The van der Waals surface area contributed by atoms with Crippen molar-refractivity contribution in [1.29, 1.82) is 0 Å². The zero-order chi connectivity index (χ0) is 28.3. The van der Waals surface area contributed by atoms with E-state index in [0.29, 0.717) is 0 Å². The van der Waals surface area contributed by atoms with Gasteiger partial charge < -0.3 is 0 Å². The second kappa shape index (κ2) is 9.99. The summed E-state index contributed by atoms with van der Waals surface area (Å²) in [6, 6.07) is 43.3. The van der Waals surface area contributed by atoms with Crippen molar-refractivity contribution in [3.63, 3.8) is 0 Å². The maximum absolute atomic E-state index is 6.90. The fourth-order valence-corrected chi connectivity index (χ4v) is 10.7. The van der Waals surface area contributed by atoms with E-state index in [1.54, 1.807) is 0 Å². The van der Waals surface area contributed by atoms with Crippen LogP contribution in [0.2, 0.25) is 0 Å². The summed E-state index contributed by atoms with van der Waals surface area (Å²) in [5, 5.41) is 0. The molecule has 0 atom stereocenters. The second-order valence-electron chi connectivity index (χ2n) is 11.0. The summed E-state index contributed by atoms with van der Waals surface area (Å²) < 4.78 is 20.7. The molecule has 6 aromatic rings. The molecular formula is C36H24InN3O3. The van der Waals surface area contributed by atoms with Gasteiger partial charge in [0.1, 0.15) is 0 Å². The Morgan fingerprint density at radius 2 is 0.628 bits per heavy atom. The van der Waals surface area contributed by atoms with Gasteiger partial charge in [0.2, 0.25) is 0 Å². The van der Waals surface area contributed by atoms with Crippen LogP contribution in [0.4, 0.5) is 0 Å². The first-order chi connectivity index (χ1) is 21.3. The fraction of sp³-hybridized carbons (Fsp3) is 0.0833. The number of hydrogen-bond acceptors (Lipinski definition) is 6. The van der Waals surface area contributed by atoms with E-state index in [9.17, 15) is 0 Å². The first-order valence-electron chi connectivity index (χ1n) is 14.5. The van der Waals surface area contributed by atoms with Crippen LogP contribution in [-0.2, 0) is 0 Å². The molecule has 7 heteroatoms. The van der Waals surface area contributed by atoms with Gasteiger partial charge in [0, 0.05) is 0 Å². The molecule has 3 aromatic carbocycles. The average molecular weight is 661 g/mol. The molecule has 7 heterocycles. The molecule has 0 N–H and O–H groups in total. The zero-order valence-electron chi connectivity index (χ0n) is 23.0. The summed E-state index contributed by atoms with van der Waals surface area (Å²) >= 11 is -3.85. The summed E-state index contributed by atoms with van der Waals surface area (Å²) in [7, 11) is 0. The molecule has 0 saturated carbocycles. The summed E-state index contributed by atoms with van der Waals surface area (Å²) in [4.78, 5) is 16.1. The third kappa shape index (κ3) is 4.13. The fourth-order valence-electron chi connectivity index (χ4n) is 6.64. The van der Waals surface area contributed by atoms with Gasteiger partial charge in [-0.15, -0.1) is 0 Å². The van der Waals surface area contributed by atoms with Gasteiger partial charge in [0.25, 0.3) is 0 Å². The Morgan fingerprint density at radius 1 is 0.349 bits per heavy atom. The van der Waals surface area contributed by atoms with Gasteiger partial charge in [-0.2, -0.15) is 0 Å². The predicted octanol–water partition coefficient (Wildman–Crippen LogP) is 6.87. The number of rotatable bonds is 0. The van der Waals surface area contributed by atoms with Crippen LogP contribution >= 0.6 is 0 Å². The number of benzene rings is 3. The second-order valence-corrected chi connectivity index (χ2v) is 14.7. The van der Waals surface area contributed by atoms with E-state index < -0.39 is 22.7 Å². The number of nitrogens with zero attached hydrogens (tertiary/aromatic N) is 3. The van der Waals surface area contributed by atoms with E-state index in [2.05, 4.69) is 72.8 Å². The molecule has 4 aliphatic rings. The summed E-state index contributed by atoms with van der Waals surface area (Å²) in [5.41, 5.74) is 8.36. The Kier molecular flexibility index (Phi) is 5.79. The molecule has 4 aliphatic heterocycles. The van der Waals surface area contributed by atoms with E-state index in [1.807, 2.05) is 54.6 Å². The van der Waals surface area contributed by atoms with E-state index in [-0.39, 0.29) is 17.8 Å². The van der Waals surface area contributed by atoms with Crippen molar-refractivity contribution >= 4 is 22.7 Å². The van der Waals surface area contributed by atoms with Gasteiger partial charge in [-0.3, -0.25) is 0 Å². The van der Waals surface area contributed by atoms with Gasteiger partial charge in [-0.05, 0) is 0 Å². The van der Waals surface area contributed by atoms with Crippen LogP contribution in [0.15, 0.2) is 127 Å². The molecule has 0 amide bonds. The molecular weight excluding hydrogens is 637 g/mol. The molecule has 0 spiro atoms. The van der Waals surface area contributed by atoms with Gasteiger partial charge in [0.05, 0.1) is 0 Å². The molecule has 6 nitrogen and oxygen atoms in total. The first-order valence-corrected chi connectivity index (χ1v) is 18.5. The Morgan fingerprint density at radius 3 is 0.930 bits per heavy atom. The van der Waals surface area contributed by atoms with Gasteiger partial charge >= 0.3 is 260 Å². The van der Waals surface area contributed by atoms with Crippen molar-refractivity contribution in [3.8, 4) is 17.2 Å². The third-order valence-corrected chi connectivity index (χ3v) is 12.3. The Labute approximate surface area is 258 Å². The normalized spacial score (nSPS) is 19.0. The van der Waals surface area contributed by atoms with Crippen LogP contribution in [0, 0.1) is 0 Å². The zero-order valence-corrected chi connectivity index (χ0v) is 26.3. The average Bonchev–Trinajstić information content (AvgIpc) is 3.03. The van der Waals surface area contributed by atoms with Crippen LogP contribution in [0.3, 0.4) is 0 Å². The predicted molar refractivity (Wildman–Crippen MR) is 163 cm³/mol. The monoisotopic (exact) mass is 661 g/mol. The number of pyridine rings is 3. The first kappa shape index (κ1) is 24.9. The van der Waals surface area contributed by atoms with Crippen molar-refractivity contribution in [3.05, 3.63) is 178 Å². The Balaban J connectivity index is 1.49. The van der Waals surface area contributed by atoms with Crippen LogP contribution in [0.5, 0.6) is 17.2 Å². The molecule has 0 fully saturated rings. The molecule has 10 rings (SSSR count). The van der Waals surface area contributed by atoms with E-state index in [1.165, 1.54) is 0 Å². The number of hydrogen-bond donors (Lipinski definition) is 0. The van der Waals surface area contributed by atoms with Crippen LogP contribution in [-0.4, -0.2) is 37.7 Å². The van der Waals surface area contributed by atoms with Crippen molar-refractivity contribution in [2.45, 2.75) is 17.8 Å². The van der Waals surface area contributed by atoms with Crippen LogP contribution in [0.25, 0.3) is 0 Å². The van der Waals surface area contributed by atoms with Crippen molar-refractivity contribution in [2.75, 3.05) is 0 Å². The molecule has 43 heavy (non-hydrogen) atoms. The summed E-state index contributed by atoms with van der Waals surface area (Å²) in [5.74, 6) is 1.40. The summed E-state index contributed by atoms with van der Waals surface area (Å²) in [6.07, 6.45) is 0. The van der Waals surface area contributed by atoms with Crippen molar-refractivity contribution < 1.29 is 8.56 Å². The molecule has 0 aliphatic carbocycles. The molecule has 0 unspecified atom stereocenters. The quantitative estimate of drug-likeness (QED) is 0.177. The molecule has 0 saturated heterocycles. The third-order valence-electron chi connectivity index (χ3n) is 8.51. The standard InChI is InChI=1S/C36H27N3O3.In/c40-31-19-4-1-10-22(31)34-25-13-7-15-27(37-25)35(23-11-2-5-20-32(23)41)29-17-9-18-30(39-29)36(24-12-3-6-21-33(24)42)28-16-8-14-26(34)38-28;/h1-21,34-36,40-42H;/q;+3/p-3. The van der Waals surface area contributed by atoms with Crippen LogP contribution < -0.4 is 8.56 Å². The van der Waals surface area contributed by atoms with E-state index >= 15 is 0 Å². The molecule has 204 valence electrons. The SMILES string of the molecule is c1cc2nc(c1)C1c3cccc(n3)C3c4cccc(n4)C2c2ccccc2[O][In]([O]c2ccccc21)[O]c1ccccc13. The number of para-hydroxylation sites is 3. The Hall–Kier alpha value is -4.62. The van der Waals surface area contributed by atoms with Gasteiger partial charge in [-0.1, -0.05) is 0 Å². The van der Waals surface area contributed by atoms with Crippen molar-refractivity contribution in [2.24, 2.45) is 0 Å². The minimum absolute atomic E-state index is 0.264. The number of aromatic nitrogens is 3. The molecule has 0 radical (unpaired) electrons. The maximum atomic E-state index is 6.90. The van der Waals surface area contributed by atoms with E-state index in [0.717, 1.165) is 68.1 Å². The Bertz CT molecular complexity index is 1740. The van der Waals surface area contributed by atoms with Gasteiger partial charge in [0.15, 0.2) is 0 Å². The minimum atomic E-state index is -3.85. The summed E-state index contributed by atoms with van der Waals surface area (Å²) in [6.45, 7) is 0. The van der Waals surface area contributed by atoms with E-state index in [4.69, 9.17) is 23.5 Å². The van der Waals surface area contributed by atoms with Gasteiger partial charge in [-0.25, -0.2) is 0 Å².